The second-order valence-electron chi connectivity index (χ2n) is 4.06. The standard InChI is InChI=1S/C14H18N2O2/c1-3-4-9-18-14(17)11-16(2)13-8-6-5-7-12(13)10-15/h5-8H,3-4,9,11H2,1-2H3. The Balaban J connectivity index is 2.57. The summed E-state index contributed by atoms with van der Waals surface area (Å²) in [4.78, 5) is 13.3. The van der Waals surface area contributed by atoms with Gasteiger partial charge >= 0.3 is 5.97 Å². The van der Waals surface area contributed by atoms with Gasteiger partial charge < -0.3 is 9.64 Å². The van der Waals surface area contributed by atoms with Crippen LogP contribution in [0.25, 0.3) is 0 Å². The molecule has 1 aromatic carbocycles. The van der Waals surface area contributed by atoms with Crippen molar-refractivity contribution in [2.45, 2.75) is 19.8 Å². The molecule has 0 amide bonds. The molecule has 0 saturated carbocycles. The normalized spacial score (nSPS) is 9.61. The van der Waals surface area contributed by atoms with Crippen molar-refractivity contribution in [3.8, 4) is 6.07 Å². The van der Waals surface area contributed by atoms with Gasteiger partial charge in [0.15, 0.2) is 0 Å². The molecule has 0 atom stereocenters. The molecule has 0 spiro atoms. The van der Waals surface area contributed by atoms with E-state index in [-0.39, 0.29) is 12.5 Å². The van der Waals surface area contributed by atoms with Crippen LogP contribution in [0.3, 0.4) is 0 Å². The van der Waals surface area contributed by atoms with E-state index < -0.39 is 0 Å². The summed E-state index contributed by atoms with van der Waals surface area (Å²) in [5, 5.41) is 8.98. The molecule has 18 heavy (non-hydrogen) atoms. The van der Waals surface area contributed by atoms with Gasteiger partial charge in [-0.2, -0.15) is 5.26 Å². The lowest BCUT2D eigenvalue weighted by Gasteiger charge is -2.19. The molecule has 4 heteroatoms. The number of hydrogen-bond acceptors (Lipinski definition) is 4. The summed E-state index contributed by atoms with van der Waals surface area (Å²) >= 11 is 0. The van der Waals surface area contributed by atoms with E-state index in [1.165, 1.54) is 0 Å². The smallest absolute Gasteiger partial charge is 0.325 e. The molecule has 0 unspecified atom stereocenters. The van der Waals surface area contributed by atoms with E-state index in [2.05, 4.69) is 6.07 Å². The maximum absolute atomic E-state index is 11.6. The number of nitriles is 1. The molecule has 0 bridgehead atoms. The Morgan fingerprint density at radius 1 is 1.44 bits per heavy atom. The van der Waals surface area contributed by atoms with Crippen LogP contribution in [0.4, 0.5) is 5.69 Å². The highest BCUT2D eigenvalue weighted by Gasteiger charge is 2.11. The molecule has 1 rings (SSSR count). The van der Waals surface area contributed by atoms with Crippen LogP contribution >= 0.6 is 0 Å². The molecule has 0 radical (unpaired) electrons. The summed E-state index contributed by atoms with van der Waals surface area (Å²) in [7, 11) is 1.78. The van der Waals surface area contributed by atoms with E-state index in [9.17, 15) is 4.79 Å². The predicted molar refractivity (Wildman–Crippen MR) is 70.3 cm³/mol. The SMILES string of the molecule is CCCCOC(=O)CN(C)c1ccccc1C#N. The van der Waals surface area contributed by atoms with Gasteiger partial charge in [-0.25, -0.2) is 0 Å². The second kappa shape index (κ2) is 7.33. The van der Waals surface area contributed by atoms with Crippen molar-refractivity contribution in [1.29, 1.82) is 5.26 Å². The molecule has 0 heterocycles. The third-order valence-electron chi connectivity index (χ3n) is 2.56. The number of para-hydroxylation sites is 1. The van der Waals surface area contributed by atoms with Crippen molar-refractivity contribution in [3.05, 3.63) is 29.8 Å². The number of hydrogen-bond donors (Lipinski definition) is 0. The van der Waals surface area contributed by atoms with E-state index in [0.29, 0.717) is 12.2 Å². The van der Waals surface area contributed by atoms with Gasteiger partial charge in [0, 0.05) is 7.05 Å². The Morgan fingerprint density at radius 2 is 2.17 bits per heavy atom. The molecule has 0 fully saturated rings. The molecular weight excluding hydrogens is 228 g/mol. The third-order valence-corrected chi connectivity index (χ3v) is 2.56. The van der Waals surface area contributed by atoms with Gasteiger partial charge in [0.05, 0.1) is 17.9 Å². The lowest BCUT2D eigenvalue weighted by Crippen LogP contribution is -2.27. The summed E-state index contributed by atoms with van der Waals surface area (Å²) in [6, 6.07) is 9.30. The lowest BCUT2D eigenvalue weighted by molar-refractivity contribution is -0.142. The van der Waals surface area contributed by atoms with Crippen LogP contribution in [0.5, 0.6) is 0 Å². The minimum atomic E-state index is -0.265. The van der Waals surface area contributed by atoms with E-state index >= 15 is 0 Å². The largest absolute Gasteiger partial charge is 0.464 e. The van der Waals surface area contributed by atoms with Gasteiger partial charge in [0.1, 0.15) is 12.6 Å². The molecule has 0 aliphatic carbocycles. The molecular formula is C14H18N2O2. The van der Waals surface area contributed by atoms with Crippen LogP contribution in [-0.4, -0.2) is 26.2 Å². The number of carbonyl (C=O) groups is 1. The first-order chi connectivity index (χ1) is 8.69. The highest BCUT2D eigenvalue weighted by molar-refractivity contribution is 5.76. The van der Waals surface area contributed by atoms with E-state index in [0.717, 1.165) is 18.5 Å². The molecule has 0 saturated heterocycles. The van der Waals surface area contributed by atoms with Crippen LogP contribution in [0.15, 0.2) is 24.3 Å². The maximum Gasteiger partial charge on any atom is 0.325 e. The number of anilines is 1. The maximum atomic E-state index is 11.6. The highest BCUT2D eigenvalue weighted by Crippen LogP contribution is 2.17. The Kier molecular flexibility index (Phi) is 5.72. The zero-order chi connectivity index (χ0) is 13.4. The third kappa shape index (κ3) is 4.10. The van der Waals surface area contributed by atoms with E-state index in [4.69, 9.17) is 10.00 Å². The Hall–Kier alpha value is -2.02. The highest BCUT2D eigenvalue weighted by atomic mass is 16.5. The monoisotopic (exact) mass is 246 g/mol. The lowest BCUT2D eigenvalue weighted by atomic mass is 10.2. The fourth-order valence-corrected chi connectivity index (χ4v) is 1.56. The summed E-state index contributed by atoms with van der Waals surface area (Å²) in [5.74, 6) is -0.265. The summed E-state index contributed by atoms with van der Waals surface area (Å²) < 4.78 is 5.08. The predicted octanol–water partition coefficient (Wildman–Crippen LogP) is 2.34. The van der Waals surface area contributed by atoms with Gasteiger partial charge in [-0.3, -0.25) is 4.79 Å². The van der Waals surface area contributed by atoms with Crippen molar-refractivity contribution in [2.24, 2.45) is 0 Å². The topological polar surface area (TPSA) is 53.3 Å². The van der Waals surface area contributed by atoms with Gasteiger partial charge in [-0.15, -0.1) is 0 Å². The van der Waals surface area contributed by atoms with Crippen LogP contribution < -0.4 is 4.90 Å². The Labute approximate surface area is 108 Å². The number of unbranched alkanes of at least 4 members (excludes halogenated alkanes) is 1. The average molecular weight is 246 g/mol. The van der Waals surface area contributed by atoms with Gasteiger partial charge in [0.2, 0.25) is 0 Å². The van der Waals surface area contributed by atoms with Gasteiger partial charge in [-0.05, 0) is 18.6 Å². The van der Waals surface area contributed by atoms with Crippen LogP contribution in [0, 0.1) is 11.3 Å². The average Bonchev–Trinajstić information content (AvgIpc) is 2.39. The van der Waals surface area contributed by atoms with Crippen LogP contribution in [-0.2, 0) is 9.53 Å². The first-order valence-corrected chi connectivity index (χ1v) is 6.05. The minimum Gasteiger partial charge on any atom is -0.464 e. The number of benzene rings is 1. The second-order valence-corrected chi connectivity index (χ2v) is 4.06. The van der Waals surface area contributed by atoms with Crippen molar-refractivity contribution >= 4 is 11.7 Å². The molecule has 0 N–H and O–H groups in total. The molecule has 0 aliphatic heterocycles. The van der Waals surface area contributed by atoms with Crippen LogP contribution in [0.2, 0.25) is 0 Å². The summed E-state index contributed by atoms with van der Waals surface area (Å²) in [6.45, 7) is 2.66. The first kappa shape index (κ1) is 14.0. The Bertz CT molecular complexity index is 438. The Morgan fingerprint density at radius 3 is 2.83 bits per heavy atom. The number of esters is 1. The van der Waals surface area contributed by atoms with Gasteiger partial charge in [-0.1, -0.05) is 25.5 Å². The zero-order valence-corrected chi connectivity index (χ0v) is 10.8. The first-order valence-electron chi connectivity index (χ1n) is 6.05. The van der Waals surface area contributed by atoms with Crippen LogP contribution in [0.1, 0.15) is 25.3 Å². The van der Waals surface area contributed by atoms with Crippen molar-refractivity contribution in [3.63, 3.8) is 0 Å². The molecule has 96 valence electrons. The van der Waals surface area contributed by atoms with Gasteiger partial charge in [0.25, 0.3) is 0 Å². The number of rotatable bonds is 6. The number of nitrogens with zero attached hydrogens (tertiary/aromatic N) is 2. The quantitative estimate of drug-likeness (QED) is 0.571. The fourth-order valence-electron chi connectivity index (χ4n) is 1.56. The van der Waals surface area contributed by atoms with Crippen molar-refractivity contribution in [1.82, 2.24) is 0 Å². The van der Waals surface area contributed by atoms with Crippen molar-refractivity contribution < 1.29 is 9.53 Å². The van der Waals surface area contributed by atoms with E-state index in [1.807, 2.05) is 19.1 Å². The molecule has 0 aromatic heterocycles. The number of ether oxygens (including phenoxy) is 1. The number of carbonyl (C=O) groups excluding carboxylic acids is 1. The summed E-state index contributed by atoms with van der Waals surface area (Å²) in [6.07, 6.45) is 1.88. The molecule has 4 nitrogen and oxygen atoms in total. The van der Waals surface area contributed by atoms with E-state index in [1.54, 1.807) is 24.1 Å². The molecule has 0 aliphatic rings. The van der Waals surface area contributed by atoms with Crippen molar-refractivity contribution in [2.75, 3.05) is 25.1 Å². The minimum absolute atomic E-state index is 0.155. The fraction of sp³-hybridized carbons (Fsp3) is 0.429. The zero-order valence-electron chi connectivity index (χ0n) is 10.8. The summed E-state index contributed by atoms with van der Waals surface area (Å²) in [5.41, 5.74) is 1.30. The number of likely N-dealkylation sites (N-methyl/N-ethyl adjacent to an activating group) is 1. The molecule has 1 aromatic rings.